The summed E-state index contributed by atoms with van der Waals surface area (Å²) in [7, 11) is 1.97. The van der Waals surface area contributed by atoms with Crippen LogP contribution in [0.5, 0.6) is 0 Å². The molecule has 0 aliphatic heterocycles. The van der Waals surface area contributed by atoms with Gasteiger partial charge in [-0.15, -0.1) is 11.3 Å². The third-order valence-corrected chi connectivity index (χ3v) is 5.39. The number of nitrogens with one attached hydrogen (secondary N) is 1. The molecule has 0 aliphatic carbocycles. The van der Waals surface area contributed by atoms with Crippen molar-refractivity contribution in [3.05, 3.63) is 69.3 Å². The summed E-state index contributed by atoms with van der Waals surface area (Å²) in [5.41, 5.74) is 2.40. The Labute approximate surface area is 135 Å². The Balaban J connectivity index is 1.95. The van der Waals surface area contributed by atoms with Crippen LogP contribution in [0.3, 0.4) is 0 Å². The highest BCUT2D eigenvalue weighted by atomic mass is 79.9. The molecule has 0 bridgehead atoms. The van der Waals surface area contributed by atoms with Crippen LogP contribution in [0.1, 0.15) is 17.2 Å². The molecule has 1 aromatic heterocycles. The highest BCUT2D eigenvalue weighted by molar-refractivity contribution is 9.10. The minimum absolute atomic E-state index is 0.211. The fourth-order valence-electron chi connectivity index (χ4n) is 2.54. The van der Waals surface area contributed by atoms with Gasteiger partial charge in [0.05, 0.1) is 0 Å². The lowest BCUT2D eigenvalue weighted by Gasteiger charge is -2.17. The summed E-state index contributed by atoms with van der Waals surface area (Å²) < 4.78 is 15.3. The van der Waals surface area contributed by atoms with Gasteiger partial charge < -0.3 is 5.32 Å². The molecule has 0 spiro atoms. The Morgan fingerprint density at radius 2 is 2.05 bits per heavy atom. The summed E-state index contributed by atoms with van der Waals surface area (Å²) in [5.74, 6) is -0.215. The fraction of sp³-hybridized carbons (Fsp3) is 0.176. The van der Waals surface area contributed by atoms with Gasteiger partial charge in [-0.3, -0.25) is 0 Å². The summed E-state index contributed by atoms with van der Waals surface area (Å²) in [6, 6.07) is 13.5. The van der Waals surface area contributed by atoms with Gasteiger partial charge in [0.25, 0.3) is 0 Å². The van der Waals surface area contributed by atoms with Gasteiger partial charge >= 0.3 is 0 Å². The Morgan fingerprint density at radius 3 is 2.81 bits per heavy atom. The quantitative estimate of drug-likeness (QED) is 0.662. The van der Waals surface area contributed by atoms with E-state index in [0.29, 0.717) is 0 Å². The smallest absolute Gasteiger partial charge is 0.124 e. The van der Waals surface area contributed by atoms with Crippen LogP contribution < -0.4 is 5.32 Å². The Kier molecular flexibility index (Phi) is 4.38. The van der Waals surface area contributed by atoms with Crippen molar-refractivity contribution in [3.63, 3.8) is 0 Å². The van der Waals surface area contributed by atoms with E-state index in [4.69, 9.17) is 0 Å². The van der Waals surface area contributed by atoms with E-state index in [9.17, 15) is 4.39 Å². The second kappa shape index (κ2) is 6.26. The molecule has 2 aromatic carbocycles. The van der Waals surface area contributed by atoms with Crippen molar-refractivity contribution in [2.24, 2.45) is 0 Å². The van der Waals surface area contributed by atoms with Crippen LogP contribution in [0, 0.1) is 5.82 Å². The number of fused-ring (bicyclic) bond motifs is 1. The van der Waals surface area contributed by atoms with Crippen LogP contribution >= 0.6 is 27.3 Å². The van der Waals surface area contributed by atoms with Gasteiger partial charge in [-0.1, -0.05) is 40.2 Å². The Morgan fingerprint density at radius 1 is 1.24 bits per heavy atom. The fourth-order valence-corrected chi connectivity index (χ4v) is 4.07. The predicted octanol–water partition coefficient (Wildman–Crippen LogP) is 5.31. The second-order valence-electron chi connectivity index (χ2n) is 4.97. The molecule has 0 fully saturated rings. The molecule has 108 valence electrons. The topological polar surface area (TPSA) is 12.0 Å². The molecule has 3 rings (SSSR count). The van der Waals surface area contributed by atoms with Gasteiger partial charge in [0.2, 0.25) is 0 Å². The van der Waals surface area contributed by atoms with Gasteiger partial charge in [-0.25, -0.2) is 4.39 Å². The first-order chi connectivity index (χ1) is 10.2. The van der Waals surface area contributed by atoms with Gasteiger partial charge in [-0.2, -0.15) is 0 Å². The third-order valence-electron chi connectivity index (χ3n) is 3.67. The lowest BCUT2D eigenvalue weighted by molar-refractivity contribution is 0.592. The first-order valence-corrected chi connectivity index (χ1v) is 8.43. The number of thiophene rings is 1. The highest BCUT2D eigenvalue weighted by Gasteiger charge is 2.16. The molecule has 0 radical (unpaired) electrons. The molecule has 21 heavy (non-hydrogen) atoms. The number of benzene rings is 2. The lowest BCUT2D eigenvalue weighted by Crippen LogP contribution is -2.18. The molecule has 1 atom stereocenters. The monoisotopic (exact) mass is 363 g/mol. The normalized spacial score (nSPS) is 12.7. The van der Waals surface area contributed by atoms with E-state index in [0.717, 1.165) is 16.5 Å². The molecule has 0 aliphatic rings. The lowest BCUT2D eigenvalue weighted by atomic mass is 9.98. The maximum atomic E-state index is 13.2. The van der Waals surface area contributed by atoms with Gasteiger partial charge in [0.15, 0.2) is 0 Å². The van der Waals surface area contributed by atoms with Crippen molar-refractivity contribution >= 4 is 37.4 Å². The van der Waals surface area contributed by atoms with E-state index in [2.05, 4.69) is 50.9 Å². The van der Waals surface area contributed by atoms with Crippen LogP contribution in [0.15, 0.2) is 52.3 Å². The predicted molar refractivity (Wildman–Crippen MR) is 91.4 cm³/mol. The third kappa shape index (κ3) is 3.03. The van der Waals surface area contributed by atoms with E-state index in [-0.39, 0.29) is 11.9 Å². The standard InChI is InChI=1S/C17H15BrFNS/c1-20-16(8-11-6-7-12(19)9-15(11)18)14-10-21-17-5-3-2-4-13(14)17/h2-7,9-10,16,20H,8H2,1H3. The molecule has 0 amide bonds. The molecule has 0 saturated carbocycles. The SMILES string of the molecule is CNC(Cc1ccc(F)cc1Br)c1csc2ccccc12. The molecule has 4 heteroatoms. The van der Waals surface area contributed by atoms with E-state index >= 15 is 0 Å². The summed E-state index contributed by atoms with van der Waals surface area (Å²) in [5, 5.41) is 6.88. The van der Waals surface area contributed by atoms with Crippen molar-refractivity contribution < 1.29 is 4.39 Å². The van der Waals surface area contributed by atoms with Crippen LogP contribution in [0.2, 0.25) is 0 Å². The van der Waals surface area contributed by atoms with Crippen LogP contribution in [0.25, 0.3) is 10.1 Å². The number of hydrogen-bond donors (Lipinski definition) is 1. The van der Waals surface area contributed by atoms with Crippen molar-refractivity contribution in [3.8, 4) is 0 Å². The van der Waals surface area contributed by atoms with Crippen molar-refractivity contribution in [2.75, 3.05) is 7.05 Å². The van der Waals surface area contributed by atoms with Crippen molar-refractivity contribution in [1.82, 2.24) is 5.32 Å². The van der Waals surface area contributed by atoms with Crippen molar-refractivity contribution in [1.29, 1.82) is 0 Å². The van der Waals surface area contributed by atoms with Gasteiger partial charge in [0, 0.05) is 15.2 Å². The van der Waals surface area contributed by atoms with Crippen LogP contribution in [0.4, 0.5) is 4.39 Å². The molecule has 1 heterocycles. The van der Waals surface area contributed by atoms with E-state index in [1.165, 1.54) is 27.8 Å². The summed E-state index contributed by atoms with van der Waals surface area (Å²) >= 11 is 5.22. The Hall–Kier alpha value is -1.23. The average Bonchev–Trinajstić information content (AvgIpc) is 2.91. The largest absolute Gasteiger partial charge is 0.313 e. The first-order valence-electron chi connectivity index (χ1n) is 6.76. The first kappa shape index (κ1) is 14.7. The van der Waals surface area contributed by atoms with E-state index in [1.54, 1.807) is 11.3 Å². The summed E-state index contributed by atoms with van der Waals surface area (Å²) in [6.45, 7) is 0. The minimum atomic E-state index is -0.215. The molecule has 1 N–H and O–H groups in total. The average molecular weight is 364 g/mol. The van der Waals surface area contributed by atoms with E-state index < -0.39 is 0 Å². The number of halogens is 2. The van der Waals surface area contributed by atoms with Gasteiger partial charge in [-0.05, 0) is 53.6 Å². The molecular weight excluding hydrogens is 349 g/mol. The van der Waals surface area contributed by atoms with Crippen molar-refractivity contribution in [2.45, 2.75) is 12.5 Å². The zero-order chi connectivity index (χ0) is 14.8. The molecule has 1 nitrogen and oxygen atoms in total. The number of rotatable bonds is 4. The highest BCUT2D eigenvalue weighted by Crippen LogP contribution is 2.33. The zero-order valence-electron chi connectivity index (χ0n) is 11.6. The molecular formula is C17H15BrFNS. The summed E-state index contributed by atoms with van der Waals surface area (Å²) in [4.78, 5) is 0. The Bertz CT molecular complexity index is 768. The zero-order valence-corrected chi connectivity index (χ0v) is 14.0. The van der Waals surface area contributed by atoms with Crippen LogP contribution in [-0.2, 0) is 6.42 Å². The second-order valence-corrected chi connectivity index (χ2v) is 6.73. The molecule has 3 aromatic rings. The van der Waals surface area contributed by atoms with Gasteiger partial charge in [0.1, 0.15) is 5.82 Å². The molecule has 1 unspecified atom stereocenters. The maximum absolute atomic E-state index is 13.2. The number of likely N-dealkylation sites (N-methyl/N-ethyl adjacent to an activating group) is 1. The summed E-state index contributed by atoms with van der Waals surface area (Å²) in [6.07, 6.45) is 0.818. The van der Waals surface area contributed by atoms with Crippen LogP contribution in [-0.4, -0.2) is 7.05 Å². The van der Waals surface area contributed by atoms with E-state index in [1.807, 2.05) is 13.1 Å². The number of hydrogen-bond acceptors (Lipinski definition) is 2. The maximum Gasteiger partial charge on any atom is 0.124 e. The molecule has 0 saturated heterocycles. The minimum Gasteiger partial charge on any atom is -0.313 e.